The Morgan fingerprint density at radius 3 is 2.33 bits per heavy atom. The number of nitrogens with zero attached hydrogens (tertiary/aromatic N) is 3. The Labute approximate surface area is 159 Å². The van der Waals surface area contributed by atoms with Gasteiger partial charge >= 0.3 is 0 Å². The third-order valence-electron chi connectivity index (χ3n) is 4.74. The van der Waals surface area contributed by atoms with Crippen molar-refractivity contribution in [2.24, 2.45) is 0 Å². The topological polar surface area (TPSA) is 41.1 Å². The fourth-order valence-corrected chi connectivity index (χ4v) is 3.15. The standard InChI is InChI=1S/C23H22N4/c1-17-10-6-7-11-18(17)16-24-23-25-21-15-9-8-14-20(21)22(26-23)27(2)19-12-4-3-5-13-19/h3-15H,16H2,1-2H3,(H,24,25,26). The van der Waals surface area contributed by atoms with Crippen molar-refractivity contribution >= 4 is 28.4 Å². The Hall–Kier alpha value is -3.40. The number of hydrogen-bond donors (Lipinski definition) is 1. The molecule has 134 valence electrons. The normalized spacial score (nSPS) is 10.7. The van der Waals surface area contributed by atoms with Crippen molar-refractivity contribution in [1.29, 1.82) is 0 Å². The van der Waals surface area contributed by atoms with Crippen LogP contribution in [-0.2, 0) is 6.54 Å². The fraction of sp³-hybridized carbons (Fsp3) is 0.130. The van der Waals surface area contributed by atoms with Crippen molar-refractivity contribution in [3.05, 3.63) is 90.0 Å². The van der Waals surface area contributed by atoms with Crippen LogP contribution in [0.1, 0.15) is 11.1 Å². The maximum absolute atomic E-state index is 4.83. The lowest BCUT2D eigenvalue weighted by Gasteiger charge is -2.21. The molecule has 0 radical (unpaired) electrons. The highest BCUT2D eigenvalue weighted by Gasteiger charge is 2.13. The zero-order valence-corrected chi connectivity index (χ0v) is 15.6. The smallest absolute Gasteiger partial charge is 0.225 e. The molecule has 1 heterocycles. The van der Waals surface area contributed by atoms with Gasteiger partial charge in [0.1, 0.15) is 5.82 Å². The number of para-hydroxylation sites is 2. The van der Waals surface area contributed by atoms with Gasteiger partial charge in [-0.05, 0) is 42.3 Å². The van der Waals surface area contributed by atoms with E-state index in [1.807, 2.05) is 43.4 Å². The van der Waals surface area contributed by atoms with E-state index in [2.05, 4.69) is 59.6 Å². The first-order valence-corrected chi connectivity index (χ1v) is 9.06. The Morgan fingerprint density at radius 1 is 0.815 bits per heavy atom. The molecule has 0 unspecified atom stereocenters. The van der Waals surface area contributed by atoms with Crippen molar-refractivity contribution in [1.82, 2.24) is 9.97 Å². The molecule has 1 aromatic heterocycles. The van der Waals surface area contributed by atoms with Crippen LogP contribution in [0.4, 0.5) is 17.5 Å². The zero-order chi connectivity index (χ0) is 18.6. The first-order chi connectivity index (χ1) is 13.2. The van der Waals surface area contributed by atoms with Crippen LogP contribution in [-0.4, -0.2) is 17.0 Å². The minimum Gasteiger partial charge on any atom is -0.350 e. The molecular weight excluding hydrogens is 332 g/mol. The van der Waals surface area contributed by atoms with Gasteiger partial charge in [-0.1, -0.05) is 54.6 Å². The second-order valence-corrected chi connectivity index (χ2v) is 6.56. The summed E-state index contributed by atoms with van der Waals surface area (Å²) in [6.07, 6.45) is 0. The predicted octanol–water partition coefficient (Wildman–Crippen LogP) is 5.32. The molecule has 0 bridgehead atoms. The lowest BCUT2D eigenvalue weighted by Crippen LogP contribution is -2.14. The molecule has 4 nitrogen and oxygen atoms in total. The van der Waals surface area contributed by atoms with Crippen LogP contribution in [0.15, 0.2) is 78.9 Å². The van der Waals surface area contributed by atoms with E-state index in [9.17, 15) is 0 Å². The second-order valence-electron chi connectivity index (χ2n) is 6.56. The van der Waals surface area contributed by atoms with Crippen LogP contribution in [0.25, 0.3) is 10.9 Å². The minimum absolute atomic E-state index is 0.634. The van der Waals surface area contributed by atoms with E-state index in [0.717, 1.165) is 22.4 Å². The summed E-state index contributed by atoms with van der Waals surface area (Å²) in [5, 5.41) is 4.42. The third-order valence-corrected chi connectivity index (χ3v) is 4.74. The maximum atomic E-state index is 4.83. The summed E-state index contributed by atoms with van der Waals surface area (Å²) < 4.78 is 0. The maximum Gasteiger partial charge on any atom is 0.225 e. The summed E-state index contributed by atoms with van der Waals surface area (Å²) >= 11 is 0. The van der Waals surface area contributed by atoms with Gasteiger partial charge in [-0.25, -0.2) is 4.98 Å². The van der Waals surface area contributed by atoms with Gasteiger partial charge in [0.05, 0.1) is 5.52 Å². The number of benzene rings is 3. The van der Waals surface area contributed by atoms with Gasteiger partial charge < -0.3 is 10.2 Å². The van der Waals surface area contributed by atoms with E-state index in [-0.39, 0.29) is 0 Å². The summed E-state index contributed by atoms with van der Waals surface area (Å²) in [6, 6.07) is 26.7. The van der Waals surface area contributed by atoms with Gasteiger partial charge in [0, 0.05) is 24.7 Å². The highest BCUT2D eigenvalue weighted by atomic mass is 15.2. The molecule has 3 aromatic carbocycles. The molecule has 0 saturated carbocycles. The van der Waals surface area contributed by atoms with Crippen molar-refractivity contribution in [2.45, 2.75) is 13.5 Å². The van der Waals surface area contributed by atoms with E-state index in [0.29, 0.717) is 12.5 Å². The fourth-order valence-electron chi connectivity index (χ4n) is 3.15. The van der Waals surface area contributed by atoms with Gasteiger partial charge in [-0.15, -0.1) is 0 Å². The zero-order valence-electron chi connectivity index (χ0n) is 15.6. The third kappa shape index (κ3) is 3.60. The van der Waals surface area contributed by atoms with Crippen molar-refractivity contribution in [3.63, 3.8) is 0 Å². The summed E-state index contributed by atoms with van der Waals surface area (Å²) in [5.74, 6) is 1.52. The summed E-state index contributed by atoms with van der Waals surface area (Å²) in [5.41, 5.74) is 4.52. The van der Waals surface area contributed by atoms with E-state index in [1.54, 1.807) is 0 Å². The molecule has 0 amide bonds. The molecule has 0 aliphatic rings. The first-order valence-electron chi connectivity index (χ1n) is 9.06. The van der Waals surface area contributed by atoms with Gasteiger partial charge in [0.2, 0.25) is 5.95 Å². The number of nitrogens with one attached hydrogen (secondary N) is 1. The lowest BCUT2D eigenvalue weighted by molar-refractivity contribution is 1.04. The van der Waals surface area contributed by atoms with E-state index < -0.39 is 0 Å². The largest absolute Gasteiger partial charge is 0.350 e. The van der Waals surface area contributed by atoms with Gasteiger partial charge in [-0.2, -0.15) is 4.98 Å². The highest BCUT2D eigenvalue weighted by Crippen LogP contribution is 2.29. The first kappa shape index (κ1) is 17.0. The summed E-state index contributed by atoms with van der Waals surface area (Å²) in [4.78, 5) is 11.6. The quantitative estimate of drug-likeness (QED) is 0.527. The number of hydrogen-bond acceptors (Lipinski definition) is 4. The minimum atomic E-state index is 0.634. The Morgan fingerprint density at radius 2 is 1.52 bits per heavy atom. The monoisotopic (exact) mass is 354 g/mol. The average molecular weight is 354 g/mol. The van der Waals surface area contributed by atoms with Crippen LogP contribution in [0.5, 0.6) is 0 Å². The molecule has 0 atom stereocenters. The average Bonchev–Trinajstić information content (AvgIpc) is 2.72. The molecular formula is C23H22N4. The molecule has 0 fully saturated rings. The van der Waals surface area contributed by atoms with Gasteiger partial charge in [0.15, 0.2) is 0 Å². The van der Waals surface area contributed by atoms with Crippen LogP contribution in [0, 0.1) is 6.92 Å². The Balaban J connectivity index is 1.71. The number of rotatable bonds is 5. The van der Waals surface area contributed by atoms with Gasteiger partial charge in [-0.3, -0.25) is 0 Å². The molecule has 0 aliphatic heterocycles. The lowest BCUT2D eigenvalue weighted by atomic mass is 10.1. The molecule has 0 spiro atoms. The molecule has 0 aliphatic carbocycles. The van der Waals surface area contributed by atoms with E-state index >= 15 is 0 Å². The van der Waals surface area contributed by atoms with Gasteiger partial charge in [0.25, 0.3) is 0 Å². The van der Waals surface area contributed by atoms with Crippen LogP contribution in [0.3, 0.4) is 0 Å². The molecule has 0 saturated heterocycles. The Bertz CT molecular complexity index is 1060. The molecule has 27 heavy (non-hydrogen) atoms. The SMILES string of the molecule is Cc1ccccc1CNc1nc(N(C)c2ccccc2)c2ccccc2n1. The van der Waals surface area contributed by atoms with Crippen LogP contribution >= 0.6 is 0 Å². The Kier molecular flexibility index (Phi) is 4.71. The van der Waals surface area contributed by atoms with Crippen molar-refractivity contribution in [2.75, 3.05) is 17.3 Å². The van der Waals surface area contributed by atoms with Crippen molar-refractivity contribution < 1.29 is 0 Å². The number of aromatic nitrogens is 2. The highest BCUT2D eigenvalue weighted by molar-refractivity contribution is 5.92. The molecule has 4 rings (SSSR count). The second kappa shape index (κ2) is 7.46. The number of anilines is 3. The predicted molar refractivity (Wildman–Crippen MR) is 113 cm³/mol. The van der Waals surface area contributed by atoms with Crippen LogP contribution < -0.4 is 10.2 Å². The molecule has 1 N–H and O–H groups in total. The summed E-state index contributed by atoms with van der Waals surface area (Å²) in [6.45, 7) is 2.81. The number of fused-ring (bicyclic) bond motifs is 1. The summed E-state index contributed by atoms with van der Waals surface area (Å²) in [7, 11) is 2.04. The molecule has 4 aromatic rings. The molecule has 4 heteroatoms. The van der Waals surface area contributed by atoms with Crippen molar-refractivity contribution in [3.8, 4) is 0 Å². The number of aryl methyl sites for hydroxylation is 1. The van der Waals surface area contributed by atoms with Crippen LogP contribution in [0.2, 0.25) is 0 Å². The van der Waals surface area contributed by atoms with E-state index in [4.69, 9.17) is 9.97 Å². The van der Waals surface area contributed by atoms with E-state index in [1.165, 1.54) is 11.1 Å².